The van der Waals surface area contributed by atoms with Gasteiger partial charge >= 0.3 is 0 Å². The van der Waals surface area contributed by atoms with Gasteiger partial charge in [-0.2, -0.15) is 10.2 Å². The fourth-order valence-corrected chi connectivity index (χ4v) is 1.57. The molecule has 2 aromatic heterocycles. The van der Waals surface area contributed by atoms with Crippen molar-refractivity contribution in [2.45, 2.75) is 0 Å². The summed E-state index contributed by atoms with van der Waals surface area (Å²) in [5.41, 5.74) is 7.11. The van der Waals surface area contributed by atoms with Crippen molar-refractivity contribution < 1.29 is 0 Å². The van der Waals surface area contributed by atoms with Crippen molar-refractivity contribution in [3.05, 3.63) is 36.8 Å². The van der Waals surface area contributed by atoms with E-state index < -0.39 is 0 Å². The number of rotatable bonds is 1. The Bertz CT molecular complexity index is 639. The maximum absolute atomic E-state index is 5.48. The van der Waals surface area contributed by atoms with Gasteiger partial charge in [-0.05, 0) is 6.07 Å². The molecule has 78 valence electrons. The van der Waals surface area contributed by atoms with Gasteiger partial charge in [0.05, 0.1) is 17.4 Å². The molecule has 0 saturated carbocycles. The summed E-state index contributed by atoms with van der Waals surface area (Å²) in [6, 6.07) is 7.70. The summed E-state index contributed by atoms with van der Waals surface area (Å²) in [4.78, 5) is 3.88. The Morgan fingerprint density at radius 1 is 1.19 bits per heavy atom. The molecule has 0 fully saturated rings. The molecule has 3 rings (SSSR count). The van der Waals surface area contributed by atoms with Gasteiger partial charge in [0.25, 0.3) is 0 Å². The Morgan fingerprint density at radius 3 is 2.88 bits per heavy atom. The van der Waals surface area contributed by atoms with E-state index in [1.165, 1.54) is 0 Å². The first-order valence-corrected chi connectivity index (χ1v) is 4.72. The molecule has 16 heavy (non-hydrogen) atoms. The van der Waals surface area contributed by atoms with Crippen LogP contribution in [-0.2, 0) is 0 Å². The van der Waals surface area contributed by atoms with Crippen LogP contribution in [0.15, 0.2) is 36.8 Å². The van der Waals surface area contributed by atoms with E-state index in [1.54, 1.807) is 17.2 Å². The molecule has 2 heterocycles. The third kappa shape index (κ3) is 1.28. The van der Waals surface area contributed by atoms with E-state index in [0.717, 1.165) is 16.6 Å². The SMILES string of the molecule is Nc1ncn(-c2cnnc3ccccc23)n1. The molecule has 1 aromatic carbocycles. The van der Waals surface area contributed by atoms with E-state index in [1.807, 2.05) is 24.3 Å². The minimum absolute atomic E-state index is 0.237. The van der Waals surface area contributed by atoms with E-state index >= 15 is 0 Å². The zero-order chi connectivity index (χ0) is 11.0. The van der Waals surface area contributed by atoms with Crippen LogP contribution in [0.25, 0.3) is 16.6 Å². The lowest BCUT2D eigenvalue weighted by atomic mass is 10.2. The predicted octanol–water partition coefficient (Wildman–Crippen LogP) is 0.793. The summed E-state index contributed by atoms with van der Waals surface area (Å²) in [5, 5.41) is 13.0. The molecule has 0 aliphatic heterocycles. The number of anilines is 1. The van der Waals surface area contributed by atoms with Crippen LogP contribution < -0.4 is 5.73 Å². The van der Waals surface area contributed by atoms with Gasteiger partial charge in [-0.1, -0.05) is 18.2 Å². The summed E-state index contributed by atoms with van der Waals surface area (Å²) in [7, 11) is 0. The van der Waals surface area contributed by atoms with E-state index in [-0.39, 0.29) is 5.95 Å². The van der Waals surface area contributed by atoms with Crippen molar-refractivity contribution in [3.63, 3.8) is 0 Å². The monoisotopic (exact) mass is 212 g/mol. The summed E-state index contributed by atoms with van der Waals surface area (Å²) >= 11 is 0. The molecule has 6 nitrogen and oxygen atoms in total. The molecule has 3 aromatic rings. The fraction of sp³-hybridized carbons (Fsp3) is 0. The topological polar surface area (TPSA) is 82.5 Å². The standard InChI is InChI=1S/C10H8N6/c11-10-12-6-16(15-10)9-5-13-14-8-4-2-1-3-7(8)9/h1-6H,(H2,11,15). The second kappa shape index (κ2) is 3.27. The highest BCUT2D eigenvalue weighted by molar-refractivity contribution is 5.85. The molecular formula is C10H8N6. The Labute approximate surface area is 90.7 Å². The molecule has 0 spiro atoms. The number of aromatic nitrogens is 5. The lowest BCUT2D eigenvalue weighted by Crippen LogP contribution is -1.99. The van der Waals surface area contributed by atoms with Gasteiger partial charge in [0.15, 0.2) is 0 Å². The normalized spacial score (nSPS) is 10.8. The smallest absolute Gasteiger partial charge is 0.239 e. The molecule has 0 atom stereocenters. The Balaban J connectivity index is 2.31. The van der Waals surface area contributed by atoms with Crippen LogP contribution in [0.1, 0.15) is 0 Å². The van der Waals surface area contributed by atoms with Crippen molar-refractivity contribution in [1.29, 1.82) is 0 Å². The second-order valence-electron chi connectivity index (χ2n) is 3.29. The quantitative estimate of drug-likeness (QED) is 0.644. The van der Waals surface area contributed by atoms with Gasteiger partial charge in [0.2, 0.25) is 5.95 Å². The Morgan fingerprint density at radius 2 is 2.06 bits per heavy atom. The molecule has 0 amide bonds. The average molecular weight is 212 g/mol. The van der Waals surface area contributed by atoms with Crippen LogP contribution in [0.4, 0.5) is 5.95 Å². The number of nitrogens with two attached hydrogens (primary N) is 1. The van der Waals surface area contributed by atoms with Gasteiger partial charge in [-0.3, -0.25) is 0 Å². The van der Waals surface area contributed by atoms with Crippen molar-refractivity contribution in [2.75, 3.05) is 5.73 Å². The molecule has 0 bridgehead atoms. The second-order valence-corrected chi connectivity index (χ2v) is 3.29. The zero-order valence-corrected chi connectivity index (χ0v) is 8.28. The summed E-state index contributed by atoms with van der Waals surface area (Å²) in [6.45, 7) is 0. The first kappa shape index (κ1) is 8.78. The van der Waals surface area contributed by atoms with Crippen molar-refractivity contribution in [1.82, 2.24) is 25.0 Å². The lowest BCUT2D eigenvalue weighted by molar-refractivity contribution is 0.875. The minimum Gasteiger partial charge on any atom is -0.366 e. The van der Waals surface area contributed by atoms with Crippen LogP contribution in [-0.4, -0.2) is 25.0 Å². The van der Waals surface area contributed by atoms with Crippen molar-refractivity contribution in [2.24, 2.45) is 0 Å². The minimum atomic E-state index is 0.237. The first-order chi connectivity index (χ1) is 7.84. The summed E-state index contributed by atoms with van der Waals surface area (Å²) in [6.07, 6.45) is 3.19. The number of fused-ring (bicyclic) bond motifs is 1. The lowest BCUT2D eigenvalue weighted by Gasteiger charge is -2.03. The number of hydrogen-bond acceptors (Lipinski definition) is 5. The first-order valence-electron chi connectivity index (χ1n) is 4.72. The summed E-state index contributed by atoms with van der Waals surface area (Å²) < 4.78 is 1.59. The largest absolute Gasteiger partial charge is 0.366 e. The van der Waals surface area contributed by atoms with Crippen LogP contribution in [0.2, 0.25) is 0 Å². The van der Waals surface area contributed by atoms with Gasteiger partial charge in [0.1, 0.15) is 6.33 Å². The Kier molecular flexibility index (Phi) is 1.79. The van der Waals surface area contributed by atoms with Gasteiger partial charge in [-0.25, -0.2) is 9.67 Å². The highest BCUT2D eigenvalue weighted by Gasteiger charge is 2.05. The number of hydrogen-bond donors (Lipinski definition) is 1. The molecular weight excluding hydrogens is 204 g/mol. The number of nitrogen functional groups attached to an aromatic ring is 1. The number of benzene rings is 1. The Hall–Kier alpha value is -2.50. The molecule has 0 radical (unpaired) electrons. The highest BCUT2D eigenvalue weighted by Crippen LogP contribution is 2.17. The fourth-order valence-electron chi connectivity index (χ4n) is 1.57. The van der Waals surface area contributed by atoms with E-state index in [2.05, 4.69) is 20.3 Å². The van der Waals surface area contributed by atoms with E-state index in [4.69, 9.17) is 5.73 Å². The zero-order valence-electron chi connectivity index (χ0n) is 8.28. The predicted molar refractivity (Wildman–Crippen MR) is 58.9 cm³/mol. The van der Waals surface area contributed by atoms with Crippen LogP contribution in [0.3, 0.4) is 0 Å². The van der Waals surface area contributed by atoms with Crippen LogP contribution in [0.5, 0.6) is 0 Å². The summed E-state index contributed by atoms with van der Waals surface area (Å²) in [5.74, 6) is 0.237. The van der Waals surface area contributed by atoms with Gasteiger partial charge in [-0.15, -0.1) is 5.10 Å². The third-order valence-corrected chi connectivity index (χ3v) is 2.28. The third-order valence-electron chi connectivity index (χ3n) is 2.28. The molecule has 0 saturated heterocycles. The maximum atomic E-state index is 5.48. The molecule has 0 aliphatic carbocycles. The molecule has 6 heteroatoms. The number of nitrogens with zero attached hydrogens (tertiary/aromatic N) is 5. The molecule has 2 N–H and O–H groups in total. The average Bonchev–Trinajstić information content (AvgIpc) is 2.75. The van der Waals surface area contributed by atoms with E-state index in [9.17, 15) is 0 Å². The van der Waals surface area contributed by atoms with Gasteiger partial charge < -0.3 is 5.73 Å². The van der Waals surface area contributed by atoms with Crippen molar-refractivity contribution in [3.8, 4) is 5.69 Å². The van der Waals surface area contributed by atoms with Crippen LogP contribution in [0, 0.1) is 0 Å². The maximum Gasteiger partial charge on any atom is 0.239 e. The molecule has 0 aliphatic rings. The van der Waals surface area contributed by atoms with E-state index in [0.29, 0.717) is 0 Å². The van der Waals surface area contributed by atoms with Gasteiger partial charge in [0, 0.05) is 5.39 Å². The van der Waals surface area contributed by atoms with Crippen LogP contribution >= 0.6 is 0 Å². The van der Waals surface area contributed by atoms with Crippen molar-refractivity contribution >= 4 is 16.9 Å². The highest BCUT2D eigenvalue weighted by atomic mass is 15.4. The molecule has 0 unspecified atom stereocenters.